The van der Waals surface area contributed by atoms with E-state index in [1.807, 2.05) is 0 Å². The Kier molecular flexibility index (Phi) is 22.6. The number of hydrogen-bond donors (Lipinski definition) is 2. The highest BCUT2D eigenvalue weighted by Gasteiger charge is 2.08. The Hall–Kier alpha value is -0.130. The van der Waals surface area contributed by atoms with Crippen molar-refractivity contribution in [3.05, 3.63) is 0 Å². The van der Waals surface area contributed by atoms with Crippen molar-refractivity contribution in [2.24, 2.45) is 11.1 Å². The van der Waals surface area contributed by atoms with E-state index in [-0.39, 0.29) is 5.75 Å². The second kappa shape index (κ2) is 21.1. The largest absolute Gasteiger partial charge is 0.330 e. The molecule has 29 heavy (non-hydrogen) atoms. The number of rotatable bonds is 18. The van der Waals surface area contributed by atoms with Crippen LogP contribution in [0.3, 0.4) is 0 Å². The lowest BCUT2D eigenvalue weighted by molar-refractivity contribution is 0.356. The van der Waals surface area contributed by atoms with Gasteiger partial charge in [0.1, 0.15) is 0 Å². The molecule has 0 rings (SSSR count). The van der Waals surface area contributed by atoms with Crippen LogP contribution in [-0.2, 0) is 10.1 Å². The third kappa shape index (κ3) is 35.7. The standard InChI is InChI=1S/C21H45N.C3H8O3S/c1-21(2,3)19-17-15-13-11-9-7-5-4-6-8-10-12-14-16-18-20-22;1-2-3-7(4,5)6/h4-20,22H2,1-3H3;2-3H2,1H3,(H,4,5,6). The van der Waals surface area contributed by atoms with E-state index in [2.05, 4.69) is 20.8 Å². The van der Waals surface area contributed by atoms with Crippen molar-refractivity contribution in [3.63, 3.8) is 0 Å². The van der Waals surface area contributed by atoms with E-state index in [0.29, 0.717) is 11.8 Å². The van der Waals surface area contributed by atoms with Crippen LogP contribution >= 0.6 is 0 Å². The maximum absolute atomic E-state index is 9.79. The summed E-state index contributed by atoms with van der Waals surface area (Å²) in [4.78, 5) is 0. The summed E-state index contributed by atoms with van der Waals surface area (Å²) in [5.74, 6) is -0.132. The van der Waals surface area contributed by atoms with Crippen LogP contribution in [0.1, 0.15) is 137 Å². The molecule has 0 amide bonds. The number of nitrogens with two attached hydrogens (primary N) is 1. The first-order valence-corrected chi connectivity index (χ1v) is 13.9. The van der Waals surface area contributed by atoms with E-state index in [1.165, 1.54) is 103 Å². The highest BCUT2D eigenvalue weighted by Crippen LogP contribution is 2.22. The quantitative estimate of drug-likeness (QED) is 0.172. The number of hydrogen-bond acceptors (Lipinski definition) is 3. The van der Waals surface area contributed by atoms with Gasteiger partial charge in [-0.1, -0.05) is 118 Å². The zero-order chi connectivity index (χ0) is 22.4. The molecule has 0 spiro atoms. The van der Waals surface area contributed by atoms with Crippen molar-refractivity contribution in [1.29, 1.82) is 0 Å². The van der Waals surface area contributed by atoms with E-state index < -0.39 is 10.1 Å². The van der Waals surface area contributed by atoms with Gasteiger partial charge in [0.05, 0.1) is 5.75 Å². The van der Waals surface area contributed by atoms with Gasteiger partial charge in [-0.3, -0.25) is 4.55 Å². The van der Waals surface area contributed by atoms with E-state index in [0.717, 1.165) is 6.54 Å². The Morgan fingerprint density at radius 2 is 0.966 bits per heavy atom. The zero-order valence-electron chi connectivity index (χ0n) is 20.2. The molecule has 0 heterocycles. The van der Waals surface area contributed by atoms with Crippen molar-refractivity contribution in [1.82, 2.24) is 0 Å². The Labute approximate surface area is 183 Å². The zero-order valence-corrected chi connectivity index (χ0v) is 21.0. The van der Waals surface area contributed by atoms with Gasteiger partial charge in [0.15, 0.2) is 0 Å². The predicted molar refractivity (Wildman–Crippen MR) is 129 cm³/mol. The van der Waals surface area contributed by atoms with Gasteiger partial charge in [0.2, 0.25) is 0 Å². The predicted octanol–water partition coefficient (Wildman–Crippen LogP) is 7.52. The van der Waals surface area contributed by atoms with Crippen molar-refractivity contribution in [3.8, 4) is 0 Å². The summed E-state index contributed by atoms with van der Waals surface area (Å²) in [6.45, 7) is 9.62. The molecule has 0 aromatic rings. The van der Waals surface area contributed by atoms with Crippen LogP contribution in [0.25, 0.3) is 0 Å². The summed E-state index contributed by atoms with van der Waals surface area (Å²) in [6, 6.07) is 0. The summed E-state index contributed by atoms with van der Waals surface area (Å²) in [7, 11) is -3.67. The monoisotopic (exact) mass is 435 g/mol. The lowest BCUT2D eigenvalue weighted by Crippen LogP contribution is -2.03. The molecule has 0 aliphatic heterocycles. The molecule has 0 radical (unpaired) electrons. The molecule has 0 fully saturated rings. The molecule has 0 saturated carbocycles. The third-order valence-corrected chi connectivity index (χ3v) is 6.02. The Balaban J connectivity index is 0. The fraction of sp³-hybridized carbons (Fsp3) is 1.00. The SMILES string of the molecule is CC(C)(C)CCCCCCCCCCCCCCCCCN.CCCS(=O)(=O)O. The molecule has 0 bridgehead atoms. The van der Waals surface area contributed by atoms with Crippen LogP contribution in [0, 0.1) is 5.41 Å². The summed E-state index contributed by atoms with van der Waals surface area (Å²) in [6.07, 6.45) is 23.3. The lowest BCUT2D eigenvalue weighted by atomic mass is 9.89. The smallest absolute Gasteiger partial charge is 0.264 e. The third-order valence-electron chi connectivity index (χ3n) is 5.09. The second-order valence-electron chi connectivity index (χ2n) is 9.69. The molecular formula is C24H53NO3S. The Bertz CT molecular complexity index is 416. The summed E-state index contributed by atoms with van der Waals surface area (Å²) < 4.78 is 27.6. The summed E-state index contributed by atoms with van der Waals surface area (Å²) in [5, 5.41) is 0. The first-order valence-electron chi connectivity index (χ1n) is 12.3. The maximum Gasteiger partial charge on any atom is 0.264 e. The Morgan fingerprint density at radius 1 is 0.655 bits per heavy atom. The normalized spacial score (nSPS) is 11.9. The van der Waals surface area contributed by atoms with Crippen molar-refractivity contribution < 1.29 is 13.0 Å². The molecule has 0 aromatic heterocycles. The van der Waals surface area contributed by atoms with E-state index >= 15 is 0 Å². The van der Waals surface area contributed by atoms with Gasteiger partial charge < -0.3 is 5.73 Å². The highest BCUT2D eigenvalue weighted by atomic mass is 32.2. The van der Waals surface area contributed by atoms with Crippen LogP contribution in [-0.4, -0.2) is 25.3 Å². The van der Waals surface area contributed by atoms with Crippen LogP contribution in [0.4, 0.5) is 0 Å². The van der Waals surface area contributed by atoms with Crippen LogP contribution in [0.15, 0.2) is 0 Å². The average molecular weight is 436 g/mol. The molecule has 3 N–H and O–H groups in total. The minimum Gasteiger partial charge on any atom is -0.330 e. The van der Waals surface area contributed by atoms with Gasteiger partial charge in [0.25, 0.3) is 10.1 Å². The minimum absolute atomic E-state index is 0.132. The molecule has 5 heteroatoms. The molecule has 0 aliphatic carbocycles. The molecule has 4 nitrogen and oxygen atoms in total. The molecular weight excluding hydrogens is 382 g/mol. The van der Waals surface area contributed by atoms with Gasteiger partial charge >= 0.3 is 0 Å². The maximum atomic E-state index is 9.79. The lowest BCUT2D eigenvalue weighted by Gasteiger charge is -2.17. The molecule has 0 atom stereocenters. The Morgan fingerprint density at radius 3 is 1.17 bits per heavy atom. The van der Waals surface area contributed by atoms with Gasteiger partial charge in [-0.2, -0.15) is 8.42 Å². The van der Waals surface area contributed by atoms with Crippen molar-refractivity contribution in [2.45, 2.75) is 137 Å². The highest BCUT2D eigenvalue weighted by molar-refractivity contribution is 7.85. The molecule has 178 valence electrons. The summed E-state index contributed by atoms with van der Waals surface area (Å²) >= 11 is 0. The average Bonchev–Trinajstić information content (AvgIpc) is 2.60. The fourth-order valence-electron chi connectivity index (χ4n) is 3.36. The summed E-state index contributed by atoms with van der Waals surface area (Å²) in [5.41, 5.74) is 6.03. The van der Waals surface area contributed by atoms with E-state index in [9.17, 15) is 8.42 Å². The second-order valence-corrected chi connectivity index (χ2v) is 11.3. The van der Waals surface area contributed by atoms with Gasteiger partial charge in [-0.05, 0) is 31.2 Å². The first kappa shape index (κ1) is 31.1. The van der Waals surface area contributed by atoms with Gasteiger partial charge in [0, 0.05) is 0 Å². The minimum atomic E-state index is -3.67. The van der Waals surface area contributed by atoms with Crippen molar-refractivity contribution >= 4 is 10.1 Å². The van der Waals surface area contributed by atoms with Gasteiger partial charge in [-0.15, -0.1) is 0 Å². The topological polar surface area (TPSA) is 80.4 Å². The van der Waals surface area contributed by atoms with E-state index in [4.69, 9.17) is 10.3 Å². The molecule has 0 aromatic carbocycles. The van der Waals surface area contributed by atoms with Gasteiger partial charge in [-0.25, -0.2) is 0 Å². The van der Waals surface area contributed by atoms with Crippen LogP contribution in [0.2, 0.25) is 0 Å². The van der Waals surface area contributed by atoms with Crippen LogP contribution in [0.5, 0.6) is 0 Å². The van der Waals surface area contributed by atoms with E-state index in [1.54, 1.807) is 6.92 Å². The van der Waals surface area contributed by atoms with Crippen LogP contribution < -0.4 is 5.73 Å². The first-order chi connectivity index (χ1) is 13.6. The molecule has 0 unspecified atom stereocenters. The molecule has 0 aliphatic rings. The molecule has 0 saturated heterocycles. The fourth-order valence-corrected chi connectivity index (χ4v) is 3.87. The number of unbranched alkanes of at least 4 members (excludes halogenated alkanes) is 14. The van der Waals surface area contributed by atoms with Crippen molar-refractivity contribution in [2.75, 3.05) is 12.3 Å².